The monoisotopic (exact) mass is 445 g/mol. The van der Waals surface area contributed by atoms with E-state index in [2.05, 4.69) is 39.3 Å². The molecule has 2 aliphatic heterocycles. The predicted octanol–water partition coefficient (Wildman–Crippen LogP) is 3.81. The first-order chi connectivity index (χ1) is 16.1. The van der Waals surface area contributed by atoms with E-state index in [-0.39, 0.29) is 11.9 Å². The first-order valence-corrected chi connectivity index (χ1v) is 11.9. The molecule has 2 aliphatic rings. The maximum atomic E-state index is 13.5. The van der Waals surface area contributed by atoms with Crippen molar-refractivity contribution in [3.8, 4) is 0 Å². The van der Waals surface area contributed by atoms with Crippen LogP contribution in [0.5, 0.6) is 0 Å². The lowest BCUT2D eigenvalue weighted by Crippen LogP contribution is -2.56. The summed E-state index contributed by atoms with van der Waals surface area (Å²) in [7, 11) is 0. The third-order valence-electron chi connectivity index (χ3n) is 7.26. The van der Waals surface area contributed by atoms with Crippen LogP contribution in [-0.2, 0) is 17.8 Å². The maximum absolute atomic E-state index is 13.5. The second-order valence-electron chi connectivity index (χ2n) is 9.12. The number of para-hydroxylation sites is 1. The van der Waals surface area contributed by atoms with Gasteiger partial charge in [0.15, 0.2) is 0 Å². The fourth-order valence-electron chi connectivity index (χ4n) is 5.47. The minimum absolute atomic E-state index is 0.00715. The van der Waals surface area contributed by atoms with Crippen LogP contribution in [0.3, 0.4) is 0 Å². The van der Waals surface area contributed by atoms with E-state index in [1.807, 2.05) is 36.2 Å². The number of nitrogens with zero attached hydrogens (tertiary/aromatic N) is 4. The number of rotatable bonds is 7. The van der Waals surface area contributed by atoms with Crippen LogP contribution in [0, 0.1) is 0 Å². The molecule has 172 valence electrons. The first-order valence-electron chi connectivity index (χ1n) is 11.9. The van der Waals surface area contributed by atoms with Gasteiger partial charge in [-0.15, -0.1) is 0 Å². The summed E-state index contributed by atoms with van der Waals surface area (Å²) in [5, 5.41) is 1.25. The molecule has 0 radical (unpaired) electrons. The number of carbonyl (C=O) groups is 2. The van der Waals surface area contributed by atoms with Crippen LogP contribution in [-0.4, -0.2) is 68.3 Å². The number of hydrogen-bond acceptors (Lipinski definition) is 4. The number of pyridine rings is 1. The number of aromatic nitrogens is 2. The van der Waals surface area contributed by atoms with Crippen molar-refractivity contribution in [2.45, 2.75) is 44.7 Å². The third kappa shape index (κ3) is 3.91. The van der Waals surface area contributed by atoms with Crippen LogP contribution < -0.4 is 0 Å². The molecule has 4 heterocycles. The zero-order valence-electron chi connectivity index (χ0n) is 19.2. The molecule has 7 heteroatoms. The highest BCUT2D eigenvalue weighted by atomic mass is 16.2. The van der Waals surface area contributed by atoms with E-state index in [0.717, 1.165) is 43.6 Å². The van der Waals surface area contributed by atoms with Crippen molar-refractivity contribution in [1.29, 1.82) is 0 Å². The second kappa shape index (κ2) is 8.98. The molecular formula is C26H31N5O2. The van der Waals surface area contributed by atoms with Gasteiger partial charge >= 0.3 is 6.03 Å². The Kier molecular flexibility index (Phi) is 5.89. The van der Waals surface area contributed by atoms with Gasteiger partial charge in [-0.1, -0.05) is 24.3 Å². The molecule has 0 unspecified atom stereocenters. The number of nitrogens with one attached hydrogen (secondary N) is 1. The summed E-state index contributed by atoms with van der Waals surface area (Å²) in [5.74, 6) is -0.00715. The van der Waals surface area contributed by atoms with Crippen LogP contribution in [0.1, 0.15) is 37.3 Å². The molecule has 0 saturated carbocycles. The molecule has 7 nitrogen and oxygen atoms in total. The van der Waals surface area contributed by atoms with E-state index in [1.54, 1.807) is 6.20 Å². The molecule has 0 aliphatic carbocycles. The van der Waals surface area contributed by atoms with Crippen molar-refractivity contribution in [3.05, 3.63) is 66.1 Å². The Hall–Kier alpha value is -3.19. The molecule has 5 rings (SSSR count). The van der Waals surface area contributed by atoms with Gasteiger partial charge in [-0.25, -0.2) is 4.79 Å². The van der Waals surface area contributed by atoms with E-state index in [4.69, 9.17) is 0 Å². The number of H-pyrrole nitrogens is 1. The molecule has 3 amide bonds. The summed E-state index contributed by atoms with van der Waals surface area (Å²) < 4.78 is 0. The molecular weight excluding hydrogens is 414 g/mol. The zero-order chi connectivity index (χ0) is 22.8. The minimum Gasteiger partial charge on any atom is -0.361 e. The van der Waals surface area contributed by atoms with Crippen molar-refractivity contribution in [2.24, 2.45) is 0 Å². The smallest absolute Gasteiger partial charge is 0.327 e. The van der Waals surface area contributed by atoms with E-state index < -0.39 is 5.54 Å². The number of aromatic amines is 1. The molecule has 33 heavy (non-hydrogen) atoms. The Bertz CT molecular complexity index is 1130. The number of amides is 3. The van der Waals surface area contributed by atoms with E-state index in [9.17, 15) is 9.59 Å². The van der Waals surface area contributed by atoms with E-state index in [1.165, 1.54) is 15.8 Å². The van der Waals surface area contributed by atoms with Crippen LogP contribution in [0.15, 0.2) is 55.0 Å². The zero-order valence-corrected chi connectivity index (χ0v) is 19.2. The van der Waals surface area contributed by atoms with Gasteiger partial charge in [0.1, 0.15) is 5.54 Å². The Morgan fingerprint density at radius 3 is 2.67 bits per heavy atom. The van der Waals surface area contributed by atoms with Crippen molar-refractivity contribution in [3.63, 3.8) is 0 Å². The summed E-state index contributed by atoms with van der Waals surface area (Å²) >= 11 is 0. The van der Waals surface area contributed by atoms with Gasteiger partial charge in [0.25, 0.3) is 5.91 Å². The van der Waals surface area contributed by atoms with E-state index in [0.29, 0.717) is 25.9 Å². The van der Waals surface area contributed by atoms with Crippen molar-refractivity contribution in [1.82, 2.24) is 24.7 Å². The summed E-state index contributed by atoms with van der Waals surface area (Å²) in [4.78, 5) is 39.9. The summed E-state index contributed by atoms with van der Waals surface area (Å²) in [6, 6.07) is 12.2. The number of hydrogen-bond donors (Lipinski definition) is 1. The topological polar surface area (TPSA) is 72.5 Å². The maximum Gasteiger partial charge on any atom is 0.327 e. The molecule has 1 aromatic carbocycles. The lowest BCUT2D eigenvalue weighted by molar-refractivity contribution is -0.135. The highest BCUT2D eigenvalue weighted by Crippen LogP contribution is 2.37. The third-order valence-corrected chi connectivity index (χ3v) is 7.26. The summed E-state index contributed by atoms with van der Waals surface area (Å²) in [6.45, 7) is 5.46. The van der Waals surface area contributed by atoms with Gasteiger partial charge in [-0.2, -0.15) is 0 Å². The Morgan fingerprint density at radius 2 is 1.91 bits per heavy atom. The van der Waals surface area contributed by atoms with Crippen molar-refractivity contribution < 1.29 is 9.59 Å². The SMILES string of the molecule is CCN1C(=O)N(CCCc2cccnc2)C(=O)C12CCN(Cc1c[nH]c3ccccc13)CC2. The largest absolute Gasteiger partial charge is 0.361 e. The van der Waals surface area contributed by atoms with Gasteiger partial charge in [0.2, 0.25) is 0 Å². The lowest BCUT2D eigenvalue weighted by atomic mass is 9.85. The van der Waals surface area contributed by atoms with Gasteiger partial charge in [0.05, 0.1) is 0 Å². The van der Waals surface area contributed by atoms with Gasteiger partial charge < -0.3 is 9.88 Å². The van der Waals surface area contributed by atoms with Gasteiger partial charge in [-0.05, 0) is 55.9 Å². The number of fused-ring (bicyclic) bond motifs is 1. The number of likely N-dealkylation sites (N-methyl/N-ethyl adjacent to an activating group) is 1. The molecule has 1 spiro atoms. The Balaban J connectivity index is 1.24. The fourth-order valence-corrected chi connectivity index (χ4v) is 5.47. The number of benzene rings is 1. The minimum atomic E-state index is -0.684. The van der Waals surface area contributed by atoms with Crippen LogP contribution in [0.4, 0.5) is 4.79 Å². The fraction of sp³-hybridized carbons (Fsp3) is 0.423. The summed E-state index contributed by atoms with van der Waals surface area (Å²) in [5.41, 5.74) is 2.87. The Morgan fingerprint density at radius 1 is 1.09 bits per heavy atom. The molecule has 0 atom stereocenters. The molecule has 0 bridgehead atoms. The van der Waals surface area contributed by atoms with Gasteiger partial charge in [0, 0.05) is 62.2 Å². The summed E-state index contributed by atoms with van der Waals surface area (Å²) in [6.07, 6.45) is 8.62. The van der Waals surface area contributed by atoms with Gasteiger partial charge in [-0.3, -0.25) is 19.6 Å². The average molecular weight is 446 g/mol. The molecule has 2 fully saturated rings. The number of urea groups is 1. The van der Waals surface area contributed by atoms with Crippen molar-refractivity contribution in [2.75, 3.05) is 26.2 Å². The molecule has 2 saturated heterocycles. The first kappa shape index (κ1) is 21.6. The van der Waals surface area contributed by atoms with Crippen LogP contribution in [0.25, 0.3) is 10.9 Å². The second-order valence-corrected chi connectivity index (χ2v) is 9.12. The number of likely N-dealkylation sites (tertiary alicyclic amines) is 1. The molecule has 2 aromatic heterocycles. The van der Waals surface area contributed by atoms with E-state index >= 15 is 0 Å². The normalized spacial score (nSPS) is 18.7. The highest BCUT2D eigenvalue weighted by molar-refractivity contribution is 6.07. The average Bonchev–Trinajstić information content (AvgIpc) is 3.33. The molecule has 1 N–H and O–H groups in total. The van der Waals surface area contributed by atoms with Crippen molar-refractivity contribution >= 4 is 22.8 Å². The lowest BCUT2D eigenvalue weighted by Gasteiger charge is -2.41. The number of aryl methyl sites for hydroxylation is 1. The highest BCUT2D eigenvalue weighted by Gasteiger charge is 2.57. The number of piperidine rings is 1. The Labute approximate surface area is 194 Å². The quantitative estimate of drug-likeness (QED) is 0.561. The molecule has 3 aromatic rings. The van der Waals surface area contributed by atoms with Crippen LogP contribution in [0.2, 0.25) is 0 Å². The number of imide groups is 1. The standard InChI is InChI=1S/C26H31N5O2/c1-2-31-25(33)30(14-6-8-20-7-5-13-27-17-20)24(32)26(31)11-15-29(16-12-26)19-21-18-28-23-10-4-3-9-22(21)23/h3-5,7,9-10,13,17-18,28H,2,6,8,11-12,14-16,19H2,1H3. The predicted molar refractivity (Wildman–Crippen MR) is 128 cm³/mol. The number of carbonyl (C=O) groups excluding carboxylic acids is 2. The van der Waals surface area contributed by atoms with Crippen LogP contribution >= 0.6 is 0 Å².